The number of hydrogen-bond acceptors (Lipinski definition) is 6. The van der Waals surface area contributed by atoms with E-state index in [9.17, 15) is 14.3 Å². The molecule has 0 aliphatic heterocycles. The van der Waals surface area contributed by atoms with Crippen LogP contribution in [-0.2, 0) is 27.9 Å². The van der Waals surface area contributed by atoms with E-state index >= 15 is 0 Å². The standard InChI is InChI=1S/C61H112NO7P/c1-6-8-10-12-14-16-18-20-22-24-26-28-30-32-34-36-38-40-42-44-46-48-50-52-54-61(63)69-60(59-68-70(64,65)67-57-55-62(3,4)5)58-66-56-53-51-49-47-45-43-41-39-37-35-33-31-29-27-25-23-21-19-17-15-13-11-9-7-2/h9,11,15,17,21,23,27,29,33,35,39,41,60H,6-8,10,12-14,16,18-20,22,24-26,28,30-32,34,36-38,40,42-59H2,1-5H3/p+1/b11-9-,17-15-,23-21-,29-27-,35-33-,41-39-. The first-order chi connectivity index (χ1) is 34.1. The molecule has 0 aliphatic rings. The average Bonchev–Trinajstić information content (AvgIpc) is 3.32. The minimum absolute atomic E-state index is 0.0825. The zero-order valence-electron chi connectivity index (χ0n) is 46.5. The Morgan fingerprint density at radius 3 is 1.24 bits per heavy atom. The molecule has 0 fully saturated rings. The molecular weight excluding hydrogens is 890 g/mol. The largest absolute Gasteiger partial charge is 0.472 e. The van der Waals surface area contributed by atoms with E-state index in [1.165, 1.54) is 148 Å². The maximum atomic E-state index is 12.8. The van der Waals surface area contributed by atoms with Gasteiger partial charge in [0.15, 0.2) is 0 Å². The molecule has 2 atom stereocenters. The van der Waals surface area contributed by atoms with E-state index in [2.05, 4.69) is 86.8 Å². The van der Waals surface area contributed by atoms with Gasteiger partial charge in [-0.15, -0.1) is 0 Å². The van der Waals surface area contributed by atoms with Crippen molar-refractivity contribution in [2.75, 3.05) is 54.1 Å². The Balaban J connectivity index is 4.11. The van der Waals surface area contributed by atoms with Crippen molar-refractivity contribution in [3.8, 4) is 0 Å². The summed E-state index contributed by atoms with van der Waals surface area (Å²) in [6, 6.07) is 0. The number of hydrogen-bond donors (Lipinski definition) is 1. The first kappa shape index (κ1) is 67.9. The number of rotatable bonds is 54. The van der Waals surface area contributed by atoms with Gasteiger partial charge >= 0.3 is 13.8 Å². The Hall–Kier alpha value is -2.06. The minimum atomic E-state index is -4.29. The molecule has 0 saturated heterocycles. The van der Waals surface area contributed by atoms with Crippen LogP contribution in [0.5, 0.6) is 0 Å². The summed E-state index contributed by atoms with van der Waals surface area (Å²) in [5, 5.41) is 0. The molecule has 0 rings (SSSR count). The number of carbonyl (C=O) groups excluding carboxylic acids is 1. The topological polar surface area (TPSA) is 91.3 Å². The average molecular weight is 1000 g/mol. The summed E-state index contributed by atoms with van der Waals surface area (Å²) in [4.78, 5) is 23.1. The molecule has 0 aliphatic carbocycles. The third-order valence-corrected chi connectivity index (χ3v) is 13.5. The Labute approximate surface area is 433 Å². The predicted octanol–water partition coefficient (Wildman–Crippen LogP) is 18.6. The first-order valence-electron chi connectivity index (χ1n) is 29.2. The van der Waals surface area contributed by atoms with E-state index in [1.807, 2.05) is 21.1 Å². The zero-order valence-corrected chi connectivity index (χ0v) is 47.4. The molecule has 9 heteroatoms. The highest BCUT2D eigenvalue weighted by Crippen LogP contribution is 2.43. The second-order valence-electron chi connectivity index (χ2n) is 20.7. The van der Waals surface area contributed by atoms with Crippen LogP contribution < -0.4 is 0 Å². The van der Waals surface area contributed by atoms with Crippen LogP contribution in [0.4, 0.5) is 0 Å². The summed E-state index contributed by atoms with van der Waals surface area (Å²) in [6.45, 7) is 5.49. The molecule has 0 aromatic carbocycles. The van der Waals surface area contributed by atoms with Crippen molar-refractivity contribution in [1.82, 2.24) is 0 Å². The molecule has 0 aromatic heterocycles. The molecule has 0 radical (unpaired) electrons. The molecule has 2 unspecified atom stereocenters. The van der Waals surface area contributed by atoms with Gasteiger partial charge in [0.1, 0.15) is 19.3 Å². The van der Waals surface area contributed by atoms with E-state index in [0.29, 0.717) is 24.1 Å². The van der Waals surface area contributed by atoms with E-state index in [4.69, 9.17) is 18.5 Å². The van der Waals surface area contributed by atoms with E-state index in [1.54, 1.807) is 0 Å². The van der Waals surface area contributed by atoms with E-state index in [0.717, 1.165) is 83.5 Å². The van der Waals surface area contributed by atoms with Crippen LogP contribution in [0.25, 0.3) is 0 Å². The quantitative estimate of drug-likeness (QED) is 0.0213. The van der Waals surface area contributed by atoms with Crippen molar-refractivity contribution in [2.24, 2.45) is 0 Å². The van der Waals surface area contributed by atoms with E-state index < -0.39 is 13.9 Å². The van der Waals surface area contributed by atoms with Crippen LogP contribution >= 0.6 is 7.82 Å². The van der Waals surface area contributed by atoms with Gasteiger partial charge in [-0.2, -0.15) is 0 Å². The second kappa shape index (κ2) is 53.2. The van der Waals surface area contributed by atoms with Crippen molar-refractivity contribution >= 4 is 13.8 Å². The fourth-order valence-corrected chi connectivity index (χ4v) is 8.83. The third kappa shape index (κ3) is 56.8. The monoisotopic (exact) mass is 1000 g/mol. The predicted molar refractivity (Wildman–Crippen MR) is 302 cm³/mol. The Morgan fingerprint density at radius 2 is 0.829 bits per heavy atom. The van der Waals surface area contributed by atoms with Gasteiger partial charge in [0.2, 0.25) is 0 Å². The molecule has 0 amide bonds. The van der Waals surface area contributed by atoms with Crippen LogP contribution in [0.15, 0.2) is 72.9 Å². The molecule has 0 saturated carbocycles. The molecule has 0 spiro atoms. The number of nitrogens with zero attached hydrogens (tertiary/aromatic N) is 1. The number of allylic oxidation sites excluding steroid dienone is 12. The van der Waals surface area contributed by atoms with Crippen LogP contribution in [-0.4, -0.2) is 75.6 Å². The maximum absolute atomic E-state index is 12.8. The van der Waals surface area contributed by atoms with Crippen molar-refractivity contribution in [2.45, 2.75) is 258 Å². The number of carbonyl (C=O) groups is 1. The number of phosphoric ester groups is 1. The summed E-state index contributed by atoms with van der Waals surface area (Å²) < 4.78 is 35.3. The lowest BCUT2D eigenvalue weighted by Crippen LogP contribution is -2.37. The molecule has 1 N–H and O–H groups in total. The number of esters is 1. The fraction of sp³-hybridized carbons (Fsp3) is 0.787. The van der Waals surface area contributed by atoms with Crippen molar-refractivity contribution in [3.63, 3.8) is 0 Å². The Kier molecular flexibility index (Phi) is 51.7. The van der Waals surface area contributed by atoms with E-state index in [-0.39, 0.29) is 25.8 Å². The van der Waals surface area contributed by atoms with Gasteiger partial charge in [-0.05, 0) is 64.2 Å². The first-order valence-corrected chi connectivity index (χ1v) is 30.7. The van der Waals surface area contributed by atoms with Crippen molar-refractivity contribution in [3.05, 3.63) is 72.9 Å². The molecular formula is C61H113NO7P+. The maximum Gasteiger partial charge on any atom is 0.472 e. The van der Waals surface area contributed by atoms with Crippen LogP contribution in [0, 0.1) is 0 Å². The van der Waals surface area contributed by atoms with Crippen molar-refractivity contribution < 1.29 is 37.3 Å². The SMILES string of the molecule is CC/C=C\C/C=C\C/C=C\C/C=C\C/C=C\C/C=C\CCCCCCCOCC(COP(=O)(O)OCC[N+](C)(C)C)OC(=O)CCCCCCCCCCCCCCCCCCCCCCCCCC. The molecule has 408 valence electrons. The smallest absolute Gasteiger partial charge is 0.457 e. The summed E-state index contributed by atoms with van der Waals surface area (Å²) in [5.74, 6) is -0.318. The fourth-order valence-electron chi connectivity index (χ4n) is 8.09. The zero-order chi connectivity index (χ0) is 51.2. The summed E-state index contributed by atoms with van der Waals surface area (Å²) in [6.07, 6.45) is 71.1. The summed E-state index contributed by atoms with van der Waals surface area (Å²) >= 11 is 0. The molecule has 0 heterocycles. The lowest BCUT2D eigenvalue weighted by atomic mass is 10.0. The molecule has 70 heavy (non-hydrogen) atoms. The highest BCUT2D eigenvalue weighted by molar-refractivity contribution is 7.47. The molecule has 0 aromatic rings. The number of ether oxygens (including phenoxy) is 2. The third-order valence-electron chi connectivity index (χ3n) is 12.5. The lowest BCUT2D eigenvalue weighted by Gasteiger charge is -2.24. The van der Waals surface area contributed by atoms with Gasteiger partial charge in [0.25, 0.3) is 0 Å². The summed E-state index contributed by atoms with van der Waals surface area (Å²) in [5.41, 5.74) is 0. The van der Waals surface area contributed by atoms with Crippen LogP contribution in [0.2, 0.25) is 0 Å². The minimum Gasteiger partial charge on any atom is -0.457 e. The Morgan fingerprint density at radius 1 is 0.457 bits per heavy atom. The molecule has 8 nitrogen and oxygen atoms in total. The highest BCUT2D eigenvalue weighted by atomic mass is 31.2. The summed E-state index contributed by atoms with van der Waals surface area (Å²) in [7, 11) is 1.65. The normalized spacial score (nSPS) is 14.0. The van der Waals surface area contributed by atoms with Gasteiger partial charge in [-0.25, -0.2) is 4.57 Å². The van der Waals surface area contributed by atoms with Gasteiger partial charge in [0.05, 0.1) is 34.4 Å². The Bertz CT molecular complexity index is 1350. The number of likely N-dealkylation sites (N-methyl/N-ethyl adjacent to an activating group) is 1. The lowest BCUT2D eigenvalue weighted by molar-refractivity contribution is -0.870. The number of phosphoric acid groups is 1. The molecule has 0 bridgehead atoms. The second-order valence-corrected chi connectivity index (χ2v) is 22.1. The van der Waals surface area contributed by atoms with Crippen molar-refractivity contribution in [1.29, 1.82) is 0 Å². The number of unbranched alkanes of at least 4 members (excludes halogenated alkanes) is 28. The van der Waals surface area contributed by atoms with Gasteiger partial charge in [-0.1, -0.05) is 254 Å². The van der Waals surface area contributed by atoms with Gasteiger partial charge in [0, 0.05) is 13.0 Å². The van der Waals surface area contributed by atoms with Crippen LogP contribution in [0.1, 0.15) is 251 Å². The van der Waals surface area contributed by atoms with Crippen LogP contribution in [0.3, 0.4) is 0 Å². The highest BCUT2D eigenvalue weighted by Gasteiger charge is 2.26. The van der Waals surface area contributed by atoms with Gasteiger partial charge in [-0.3, -0.25) is 13.8 Å². The van der Waals surface area contributed by atoms with Gasteiger partial charge < -0.3 is 18.9 Å². The number of quaternary nitrogens is 1.